The predicted octanol–water partition coefficient (Wildman–Crippen LogP) is 7.60. The molecular weight excluding hydrogens is 576 g/mol. The number of ketones is 4. The van der Waals surface area contributed by atoms with Crippen molar-refractivity contribution in [2.75, 3.05) is 0 Å². The fourth-order valence-electron chi connectivity index (χ4n) is 5.55. The summed E-state index contributed by atoms with van der Waals surface area (Å²) < 4.78 is 54.8. The first kappa shape index (κ1) is 25.7. The molecule has 0 saturated heterocycles. The summed E-state index contributed by atoms with van der Waals surface area (Å²) in [6.07, 6.45) is 2.86. The van der Waals surface area contributed by atoms with Crippen LogP contribution in [0.3, 0.4) is 0 Å². The number of halogens is 4. The van der Waals surface area contributed by atoms with Crippen molar-refractivity contribution >= 4 is 58.0 Å². The number of carbonyl (C=O) groups excluding carboxylic acids is 4. The van der Waals surface area contributed by atoms with Crippen LogP contribution in [-0.2, 0) is 5.41 Å². The van der Waals surface area contributed by atoms with Gasteiger partial charge in [0, 0.05) is 47.2 Å². The Balaban J connectivity index is 1.26. The van der Waals surface area contributed by atoms with Crippen LogP contribution in [0, 0.1) is 23.3 Å². The average Bonchev–Trinajstić information content (AvgIpc) is 3.67. The number of benzene rings is 2. The lowest BCUT2D eigenvalue weighted by atomic mass is 9.83. The summed E-state index contributed by atoms with van der Waals surface area (Å²) in [4.78, 5) is 54.3. The number of thiophene rings is 2. The normalized spacial score (nSPS) is 16.3. The van der Waals surface area contributed by atoms with Crippen LogP contribution in [-0.4, -0.2) is 23.1 Å². The topological polar surface area (TPSA) is 68.3 Å². The Labute approximate surface area is 237 Å². The van der Waals surface area contributed by atoms with E-state index in [0.29, 0.717) is 9.75 Å². The Morgan fingerprint density at radius 2 is 0.829 bits per heavy atom. The molecule has 0 atom stereocenters. The van der Waals surface area contributed by atoms with E-state index in [9.17, 15) is 36.7 Å². The SMILES string of the molecule is CC1(C)c2cc(C=C3C(=O)c4cc(F)c(F)cc4C3=O)sc2-c2sc(C=C3C(=O)c4cc(F)c(F)cc4C3=O)cc21. The molecule has 4 aromatic rings. The van der Waals surface area contributed by atoms with Crippen molar-refractivity contribution in [2.24, 2.45) is 0 Å². The second-order valence-electron chi connectivity index (χ2n) is 10.5. The minimum atomic E-state index is -1.21. The third-order valence-corrected chi connectivity index (χ3v) is 10.0. The summed E-state index contributed by atoms with van der Waals surface area (Å²) >= 11 is 2.67. The number of carbonyl (C=O) groups is 4. The number of Topliss-reactive ketones (excluding diaryl/α,β-unsaturated/α-hetero) is 4. The third kappa shape index (κ3) is 3.50. The van der Waals surface area contributed by atoms with Gasteiger partial charge < -0.3 is 0 Å². The molecule has 3 aliphatic carbocycles. The lowest BCUT2D eigenvalue weighted by Gasteiger charge is -2.18. The van der Waals surface area contributed by atoms with Crippen LogP contribution in [0.15, 0.2) is 47.5 Å². The molecule has 41 heavy (non-hydrogen) atoms. The Kier molecular flexibility index (Phi) is 5.24. The Bertz CT molecular complexity index is 1810. The third-order valence-electron chi connectivity index (χ3n) is 7.71. The van der Waals surface area contributed by atoms with E-state index in [1.165, 1.54) is 34.8 Å². The lowest BCUT2D eigenvalue weighted by Crippen LogP contribution is -2.13. The Morgan fingerprint density at radius 1 is 0.537 bits per heavy atom. The Morgan fingerprint density at radius 3 is 1.12 bits per heavy atom. The van der Waals surface area contributed by atoms with Gasteiger partial charge in [-0.15, -0.1) is 22.7 Å². The van der Waals surface area contributed by atoms with E-state index < -0.39 is 51.8 Å². The minimum absolute atomic E-state index is 0.175. The molecule has 202 valence electrons. The first-order valence-electron chi connectivity index (χ1n) is 12.3. The fourth-order valence-corrected chi connectivity index (χ4v) is 8.23. The molecule has 0 N–H and O–H groups in total. The van der Waals surface area contributed by atoms with Crippen molar-refractivity contribution in [1.82, 2.24) is 0 Å². The van der Waals surface area contributed by atoms with Crippen molar-refractivity contribution in [3.05, 3.63) is 114 Å². The summed E-state index contributed by atoms with van der Waals surface area (Å²) in [6, 6.07) is 6.69. The van der Waals surface area contributed by atoms with E-state index in [1.54, 1.807) is 0 Å². The zero-order valence-electron chi connectivity index (χ0n) is 21.1. The number of rotatable bonds is 2. The predicted molar refractivity (Wildman–Crippen MR) is 146 cm³/mol. The van der Waals surface area contributed by atoms with Crippen LogP contribution in [0.4, 0.5) is 17.6 Å². The van der Waals surface area contributed by atoms with Gasteiger partial charge in [-0.3, -0.25) is 19.2 Å². The van der Waals surface area contributed by atoms with E-state index >= 15 is 0 Å². The molecule has 2 aromatic carbocycles. The van der Waals surface area contributed by atoms with Crippen molar-refractivity contribution in [3.63, 3.8) is 0 Å². The van der Waals surface area contributed by atoms with Crippen molar-refractivity contribution in [2.45, 2.75) is 19.3 Å². The number of hydrogen-bond acceptors (Lipinski definition) is 6. The van der Waals surface area contributed by atoms with Gasteiger partial charge in [-0.2, -0.15) is 0 Å². The molecule has 0 amide bonds. The first-order chi connectivity index (χ1) is 19.4. The van der Waals surface area contributed by atoms with E-state index in [-0.39, 0.29) is 33.4 Å². The highest BCUT2D eigenvalue weighted by molar-refractivity contribution is 7.23. The van der Waals surface area contributed by atoms with Gasteiger partial charge in [-0.25, -0.2) is 17.6 Å². The van der Waals surface area contributed by atoms with Gasteiger partial charge in [0.15, 0.2) is 46.4 Å². The number of fused-ring (bicyclic) bond motifs is 5. The summed E-state index contributed by atoms with van der Waals surface area (Å²) in [5.41, 5.74) is 0.358. The smallest absolute Gasteiger partial charge is 0.197 e. The molecule has 4 nitrogen and oxygen atoms in total. The maximum atomic E-state index is 13.7. The zero-order chi connectivity index (χ0) is 29.1. The van der Waals surface area contributed by atoms with Crippen LogP contribution >= 0.6 is 22.7 Å². The van der Waals surface area contributed by atoms with Crippen LogP contribution in [0.5, 0.6) is 0 Å². The van der Waals surface area contributed by atoms with Gasteiger partial charge >= 0.3 is 0 Å². The molecule has 2 aromatic heterocycles. The standard InChI is InChI=1S/C31H14F4O4S2/c1-31(2)19-5-11(3-17-25(36)13-7-21(32)22(33)8-14(13)26(17)37)40-29(19)30-20(31)6-12(41-30)4-18-27(38)15-9-23(34)24(35)10-16(15)28(18)39/h3-10H,1-2H3. The number of hydrogen-bond donors (Lipinski definition) is 0. The summed E-state index contributed by atoms with van der Waals surface area (Å²) in [6.45, 7) is 3.98. The van der Waals surface area contributed by atoms with Crippen molar-refractivity contribution < 1.29 is 36.7 Å². The van der Waals surface area contributed by atoms with Gasteiger partial charge in [-0.1, -0.05) is 13.8 Å². The second-order valence-corrected chi connectivity index (χ2v) is 12.6. The molecular formula is C31H14F4O4S2. The minimum Gasteiger partial charge on any atom is -0.288 e. The highest BCUT2D eigenvalue weighted by Gasteiger charge is 2.41. The van der Waals surface area contributed by atoms with Gasteiger partial charge in [0.05, 0.1) is 11.1 Å². The molecule has 0 bridgehead atoms. The highest BCUT2D eigenvalue weighted by atomic mass is 32.1. The molecule has 0 unspecified atom stereocenters. The molecule has 0 radical (unpaired) electrons. The van der Waals surface area contributed by atoms with Crippen LogP contribution in [0.1, 0.15) is 76.2 Å². The van der Waals surface area contributed by atoms with E-state index in [2.05, 4.69) is 0 Å². The summed E-state index contributed by atoms with van der Waals surface area (Å²) in [5, 5.41) is 0. The maximum absolute atomic E-state index is 13.7. The first-order valence-corrected chi connectivity index (χ1v) is 13.9. The lowest BCUT2D eigenvalue weighted by molar-refractivity contribution is 0.0975. The molecule has 3 aliphatic rings. The number of allylic oxidation sites excluding steroid dienone is 2. The molecule has 0 aliphatic heterocycles. The van der Waals surface area contributed by atoms with E-state index in [4.69, 9.17) is 0 Å². The molecule has 0 saturated carbocycles. The summed E-state index contributed by atoms with van der Waals surface area (Å²) in [7, 11) is 0. The fraction of sp³-hybridized carbons (Fsp3) is 0.0968. The largest absolute Gasteiger partial charge is 0.288 e. The molecule has 10 heteroatoms. The van der Waals surface area contributed by atoms with Crippen molar-refractivity contribution in [3.8, 4) is 9.75 Å². The van der Waals surface area contributed by atoms with Crippen molar-refractivity contribution in [1.29, 1.82) is 0 Å². The van der Waals surface area contributed by atoms with E-state index in [0.717, 1.165) is 45.1 Å². The van der Waals surface area contributed by atoms with Gasteiger partial charge in [0.2, 0.25) is 0 Å². The second kappa shape index (κ2) is 8.37. The molecule has 7 rings (SSSR count). The quantitative estimate of drug-likeness (QED) is 0.137. The highest BCUT2D eigenvalue weighted by Crippen LogP contribution is 2.56. The van der Waals surface area contributed by atoms with Crippen LogP contribution < -0.4 is 0 Å². The molecule has 0 spiro atoms. The van der Waals surface area contributed by atoms with Gasteiger partial charge in [0.1, 0.15) is 0 Å². The zero-order valence-corrected chi connectivity index (χ0v) is 22.7. The maximum Gasteiger partial charge on any atom is 0.197 e. The van der Waals surface area contributed by atoms with Crippen LogP contribution in [0.2, 0.25) is 0 Å². The molecule has 2 heterocycles. The summed E-state index contributed by atoms with van der Waals surface area (Å²) in [5.74, 6) is -7.51. The van der Waals surface area contributed by atoms with Gasteiger partial charge in [-0.05, 0) is 59.7 Å². The monoisotopic (exact) mass is 590 g/mol. The average molecular weight is 591 g/mol. The Hall–Kier alpha value is -4.28. The van der Waals surface area contributed by atoms with Crippen LogP contribution in [0.25, 0.3) is 21.9 Å². The van der Waals surface area contributed by atoms with E-state index in [1.807, 2.05) is 26.0 Å². The molecule has 0 fully saturated rings. The van der Waals surface area contributed by atoms with Gasteiger partial charge in [0.25, 0.3) is 0 Å².